The zero-order chi connectivity index (χ0) is 12.1. The average Bonchev–Trinajstić information content (AvgIpc) is 2.25. The van der Waals surface area contributed by atoms with Crippen molar-refractivity contribution in [2.45, 2.75) is 19.8 Å². The molecule has 0 heterocycles. The highest BCUT2D eigenvalue weighted by atomic mass is 16.4. The van der Waals surface area contributed by atoms with Crippen molar-refractivity contribution in [2.24, 2.45) is 0 Å². The van der Waals surface area contributed by atoms with E-state index in [1.54, 1.807) is 12.2 Å². The van der Waals surface area contributed by atoms with E-state index in [1.807, 2.05) is 30.4 Å². The SMILES string of the molecule is CCC/C=C/C=C/C=C/C=C/C=C/C(=O)O. The smallest absolute Gasteiger partial charge is 0.328 e. The molecule has 0 aliphatic heterocycles. The van der Waals surface area contributed by atoms with Gasteiger partial charge in [-0.05, 0) is 6.42 Å². The van der Waals surface area contributed by atoms with Gasteiger partial charge in [-0.3, -0.25) is 0 Å². The Morgan fingerprint density at radius 2 is 1.44 bits per heavy atom. The molecule has 0 aliphatic carbocycles. The first-order valence-corrected chi connectivity index (χ1v) is 5.33. The number of carbonyl (C=O) groups is 1. The minimum Gasteiger partial charge on any atom is -0.478 e. The molecule has 0 aliphatic rings. The van der Waals surface area contributed by atoms with Gasteiger partial charge in [0.2, 0.25) is 0 Å². The molecule has 2 nitrogen and oxygen atoms in total. The van der Waals surface area contributed by atoms with Crippen molar-refractivity contribution in [3.63, 3.8) is 0 Å². The quantitative estimate of drug-likeness (QED) is 0.523. The van der Waals surface area contributed by atoms with E-state index in [-0.39, 0.29) is 0 Å². The molecule has 0 aromatic heterocycles. The van der Waals surface area contributed by atoms with E-state index in [1.165, 1.54) is 12.5 Å². The Bertz CT molecular complexity index is 318. The zero-order valence-electron chi connectivity index (χ0n) is 9.54. The third-order valence-corrected chi connectivity index (χ3v) is 1.61. The number of hydrogen-bond donors (Lipinski definition) is 1. The number of hydrogen-bond acceptors (Lipinski definition) is 1. The standard InChI is InChI=1S/C14H18O2/c1-2-3-4-5-6-7-8-9-10-11-12-13-14(15)16/h4-13H,2-3H2,1H3,(H,15,16)/b5-4+,7-6+,9-8+,11-10+,13-12+. The molecule has 0 spiro atoms. The molecule has 16 heavy (non-hydrogen) atoms. The molecular weight excluding hydrogens is 200 g/mol. The summed E-state index contributed by atoms with van der Waals surface area (Å²) in [6.45, 7) is 2.14. The van der Waals surface area contributed by atoms with Gasteiger partial charge in [-0.15, -0.1) is 0 Å². The summed E-state index contributed by atoms with van der Waals surface area (Å²) in [5.74, 6) is -0.936. The molecular formula is C14H18O2. The highest BCUT2D eigenvalue weighted by Crippen LogP contribution is 1.89. The van der Waals surface area contributed by atoms with E-state index < -0.39 is 5.97 Å². The van der Waals surface area contributed by atoms with Gasteiger partial charge >= 0.3 is 5.97 Å². The molecule has 0 unspecified atom stereocenters. The third-order valence-electron chi connectivity index (χ3n) is 1.61. The number of carboxylic acid groups (broad SMARTS) is 1. The number of unbranched alkanes of at least 4 members (excludes halogenated alkanes) is 1. The number of rotatable bonds is 7. The lowest BCUT2D eigenvalue weighted by molar-refractivity contribution is -0.131. The van der Waals surface area contributed by atoms with Crippen molar-refractivity contribution in [3.8, 4) is 0 Å². The molecule has 0 atom stereocenters. The lowest BCUT2D eigenvalue weighted by Crippen LogP contribution is -1.84. The van der Waals surface area contributed by atoms with E-state index in [4.69, 9.17) is 5.11 Å². The summed E-state index contributed by atoms with van der Waals surface area (Å²) in [7, 11) is 0. The first-order chi connectivity index (χ1) is 7.77. The molecule has 0 radical (unpaired) electrons. The molecule has 0 amide bonds. The Morgan fingerprint density at radius 3 is 1.94 bits per heavy atom. The van der Waals surface area contributed by atoms with Gasteiger partial charge in [0.05, 0.1) is 0 Å². The molecule has 0 saturated carbocycles. The third kappa shape index (κ3) is 12.2. The predicted molar refractivity (Wildman–Crippen MR) is 68.2 cm³/mol. The fourth-order valence-electron chi connectivity index (χ4n) is 0.864. The Kier molecular flexibility index (Phi) is 9.96. The summed E-state index contributed by atoms with van der Waals surface area (Å²) >= 11 is 0. The van der Waals surface area contributed by atoms with Crippen LogP contribution in [0.3, 0.4) is 0 Å². The van der Waals surface area contributed by atoms with Crippen molar-refractivity contribution in [3.05, 3.63) is 60.8 Å². The van der Waals surface area contributed by atoms with Gasteiger partial charge in [0.25, 0.3) is 0 Å². The molecule has 0 fully saturated rings. The minimum absolute atomic E-state index is 0.936. The summed E-state index contributed by atoms with van der Waals surface area (Å²) < 4.78 is 0. The predicted octanol–water partition coefficient (Wildman–Crippen LogP) is 3.65. The van der Waals surface area contributed by atoms with Gasteiger partial charge in [0.15, 0.2) is 0 Å². The van der Waals surface area contributed by atoms with Crippen molar-refractivity contribution in [2.75, 3.05) is 0 Å². The van der Waals surface area contributed by atoms with Gasteiger partial charge in [0, 0.05) is 6.08 Å². The van der Waals surface area contributed by atoms with Crippen molar-refractivity contribution < 1.29 is 9.90 Å². The maximum Gasteiger partial charge on any atom is 0.328 e. The van der Waals surface area contributed by atoms with E-state index >= 15 is 0 Å². The van der Waals surface area contributed by atoms with Gasteiger partial charge in [0.1, 0.15) is 0 Å². The van der Waals surface area contributed by atoms with E-state index in [0.29, 0.717) is 0 Å². The van der Waals surface area contributed by atoms with Crippen LogP contribution in [0.25, 0.3) is 0 Å². The second kappa shape index (κ2) is 11.2. The second-order valence-corrected chi connectivity index (χ2v) is 3.07. The summed E-state index contributed by atoms with van der Waals surface area (Å²) in [6.07, 6.45) is 20.1. The van der Waals surface area contributed by atoms with Crippen molar-refractivity contribution >= 4 is 5.97 Å². The molecule has 0 aromatic rings. The number of carboxylic acids is 1. The minimum atomic E-state index is -0.936. The Labute approximate surface area is 97.0 Å². The fourth-order valence-corrected chi connectivity index (χ4v) is 0.864. The summed E-state index contributed by atoms with van der Waals surface area (Å²) in [5.41, 5.74) is 0. The van der Waals surface area contributed by atoms with Crippen molar-refractivity contribution in [1.29, 1.82) is 0 Å². The monoisotopic (exact) mass is 218 g/mol. The topological polar surface area (TPSA) is 37.3 Å². The van der Waals surface area contributed by atoms with Gasteiger partial charge in [-0.2, -0.15) is 0 Å². The summed E-state index contributed by atoms with van der Waals surface area (Å²) in [6, 6.07) is 0. The maximum absolute atomic E-state index is 10.1. The average molecular weight is 218 g/mol. The maximum atomic E-state index is 10.1. The Hall–Kier alpha value is -1.83. The Balaban J connectivity index is 3.72. The first kappa shape index (κ1) is 14.2. The van der Waals surface area contributed by atoms with Gasteiger partial charge in [-0.25, -0.2) is 4.79 Å². The highest BCUT2D eigenvalue weighted by Gasteiger charge is 1.78. The lowest BCUT2D eigenvalue weighted by Gasteiger charge is -1.79. The van der Waals surface area contributed by atoms with E-state index in [0.717, 1.165) is 12.5 Å². The Morgan fingerprint density at radius 1 is 0.938 bits per heavy atom. The zero-order valence-corrected chi connectivity index (χ0v) is 9.54. The van der Waals surface area contributed by atoms with Crippen LogP contribution < -0.4 is 0 Å². The van der Waals surface area contributed by atoms with Gasteiger partial charge < -0.3 is 5.11 Å². The first-order valence-electron chi connectivity index (χ1n) is 5.33. The largest absolute Gasteiger partial charge is 0.478 e. The summed E-state index contributed by atoms with van der Waals surface area (Å²) in [5, 5.41) is 8.30. The van der Waals surface area contributed by atoms with Crippen LogP contribution in [0.4, 0.5) is 0 Å². The highest BCUT2D eigenvalue weighted by molar-refractivity contribution is 5.80. The van der Waals surface area contributed by atoms with Gasteiger partial charge in [-0.1, -0.05) is 68.0 Å². The number of allylic oxidation sites excluding steroid dienone is 9. The molecule has 86 valence electrons. The molecule has 0 aromatic carbocycles. The molecule has 0 rings (SSSR count). The van der Waals surface area contributed by atoms with E-state index in [9.17, 15) is 4.79 Å². The molecule has 0 saturated heterocycles. The molecule has 1 N–H and O–H groups in total. The van der Waals surface area contributed by atoms with Crippen LogP contribution in [0.1, 0.15) is 19.8 Å². The van der Waals surface area contributed by atoms with Crippen LogP contribution in [-0.4, -0.2) is 11.1 Å². The lowest BCUT2D eigenvalue weighted by atomic mass is 10.3. The fraction of sp³-hybridized carbons (Fsp3) is 0.214. The normalized spacial score (nSPS) is 13.1. The van der Waals surface area contributed by atoms with Crippen LogP contribution in [0.5, 0.6) is 0 Å². The van der Waals surface area contributed by atoms with Crippen LogP contribution in [0, 0.1) is 0 Å². The second-order valence-electron chi connectivity index (χ2n) is 3.07. The summed E-state index contributed by atoms with van der Waals surface area (Å²) in [4.78, 5) is 10.1. The van der Waals surface area contributed by atoms with Crippen LogP contribution in [-0.2, 0) is 4.79 Å². The molecule has 0 bridgehead atoms. The number of aliphatic carboxylic acids is 1. The van der Waals surface area contributed by atoms with Crippen LogP contribution >= 0.6 is 0 Å². The van der Waals surface area contributed by atoms with Crippen LogP contribution in [0.2, 0.25) is 0 Å². The molecule has 2 heteroatoms. The van der Waals surface area contributed by atoms with Crippen LogP contribution in [0.15, 0.2) is 60.8 Å². The van der Waals surface area contributed by atoms with Crippen molar-refractivity contribution in [1.82, 2.24) is 0 Å². The van der Waals surface area contributed by atoms with E-state index in [2.05, 4.69) is 13.0 Å².